The number of hydrogen-bond acceptors (Lipinski definition) is 4. The summed E-state index contributed by atoms with van der Waals surface area (Å²) < 4.78 is 58.9. The first-order valence-electron chi connectivity index (χ1n) is 6.84. The van der Waals surface area contributed by atoms with Crippen molar-refractivity contribution in [2.45, 2.75) is 10.9 Å². The first-order valence-corrected chi connectivity index (χ1v) is 8.45. The number of rotatable bonds is 4. The molecule has 0 saturated heterocycles. The minimum atomic E-state index is -4.48. The maximum absolute atomic E-state index is 15.9. The summed E-state index contributed by atoms with van der Waals surface area (Å²) in [7, 11) is -4.48. The fraction of sp³-hybridized carbons (Fsp3) is 0.133. The van der Waals surface area contributed by atoms with E-state index in [9.17, 15) is 12.8 Å². The van der Waals surface area contributed by atoms with Gasteiger partial charge in [0.25, 0.3) is 0 Å². The Morgan fingerprint density at radius 3 is 2.54 bits per heavy atom. The van der Waals surface area contributed by atoms with Crippen LogP contribution in [-0.2, 0) is 15.7 Å². The van der Waals surface area contributed by atoms with E-state index in [1.54, 1.807) is 18.2 Å². The average Bonchev–Trinajstić information content (AvgIpc) is 3.05. The van der Waals surface area contributed by atoms with E-state index < -0.39 is 32.5 Å². The average molecular weight is 353 g/mol. The number of primary sulfonamides is 1. The minimum absolute atomic E-state index is 0.215. The Labute approximate surface area is 136 Å². The number of benzene rings is 1. The Bertz CT molecular complexity index is 895. The third-order valence-electron chi connectivity index (χ3n) is 3.55. The van der Waals surface area contributed by atoms with Crippen LogP contribution in [0, 0.1) is 0 Å². The largest absolute Gasteiger partial charge is 0.458 e. The van der Waals surface area contributed by atoms with Crippen molar-refractivity contribution in [2.75, 3.05) is 0 Å². The van der Waals surface area contributed by atoms with Crippen LogP contribution in [0.4, 0.5) is 8.78 Å². The molecule has 1 heterocycles. The summed E-state index contributed by atoms with van der Waals surface area (Å²) in [5.41, 5.74) is -2.97. The van der Waals surface area contributed by atoms with Crippen LogP contribution >= 0.6 is 0 Å². The number of aromatic nitrogens is 2. The summed E-state index contributed by atoms with van der Waals surface area (Å²) in [6, 6.07) is 9.27. The number of allylic oxidation sites excluding steroid dienone is 3. The summed E-state index contributed by atoms with van der Waals surface area (Å²) in [5.74, 6) is -1.29. The molecule has 3 rings (SSSR count). The fourth-order valence-electron chi connectivity index (χ4n) is 2.46. The second-order valence-corrected chi connectivity index (χ2v) is 6.85. The van der Waals surface area contributed by atoms with Crippen molar-refractivity contribution >= 4 is 10.0 Å². The Kier molecular flexibility index (Phi) is 3.98. The second-order valence-electron chi connectivity index (χ2n) is 5.17. The zero-order chi connectivity index (χ0) is 17.4. The monoisotopic (exact) mass is 353 g/mol. The van der Waals surface area contributed by atoms with E-state index in [1.165, 1.54) is 24.4 Å². The molecule has 24 heavy (non-hydrogen) atoms. The van der Waals surface area contributed by atoms with Gasteiger partial charge in [0, 0.05) is 12.3 Å². The number of nitrogens with two attached hydrogens (primary N) is 1. The SMILES string of the molecule is NS(=O)(=O)C1C=C(F)C=C(Oc2ccccc2)C1(F)c1ccn[nH]1. The van der Waals surface area contributed by atoms with E-state index in [4.69, 9.17) is 9.88 Å². The highest BCUT2D eigenvalue weighted by Gasteiger charge is 2.54. The summed E-state index contributed by atoms with van der Waals surface area (Å²) in [5, 5.41) is 9.09. The molecule has 1 aromatic carbocycles. The van der Waals surface area contributed by atoms with Crippen LogP contribution in [0.3, 0.4) is 0 Å². The number of alkyl halides is 1. The molecule has 6 nitrogen and oxygen atoms in total. The van der Waals surface area contributed by atoms with Gasteiger partial charge in [-0.15, -0.1) is 0 Å². The number of aromatic amines is 1. The molecule has 0 spiro atoms. The number of para-hydroxylation sites is 1. The van der Waals surface area contributed by atoms with Gasteiger partial charge in [0.05, 0.1) is 5.69 Å². The number of halogens is 2. The lowest BCUT2D eigenvalue weighted by Crippen LogP contribution is -2.47. The maximum Gasteiger partial charge on any atom is 0.230 e. The summed E-state index contributed by atoms with van der Waals surface area (Å²) in [4.78, 5) is 0. The number of hydrogen-bond donors (Lipinski definition) is 2. The molecule has 0 saturated carbocycles. The number of nitrogens with one attached hydrogen (secondary N) is 1. The number of H-pyrrole nitrogens is 1. The molecule has 0 fully saturated rings. The lowest BCUT2D eigenvalue weighted by molar-refractivity contribution is 0.143. The van der Waals surface area contributed by atoms with Gasteiger partial charge >= 0.3 is 0 Å². The second kappa shape index (κ2) is 5.84. The molecule has 2 atom stereocenters. The van der Waals surface area contributed by atoms with Crippen LogP contribution in [-0.4, -0.2) is 23.9 Å². The molecule has 1 aliphatic rings. The van der Waals surface area contributed by atoms with Gasteiger partial charge in [0.1, 0.15) is 16.8 Å². The van der Waals surface area contributed by atoms with Crippen molar-refractivity contribution in [3.63, 3.8) is 0 Å². The van der Waals surface area contributed by atoms with Crippen LogP contribution in [0.25, 0.3) is 0 Å². The van der Waals surface area contributed by atoms with Crippen molar-refractivity contribution in [1.29, 1.82) is 0 Å². The van der Waals surface area contributed by atoms with Crippen molar-refractivity contribution < 1.29 is 21.9 Å². The molecule has 3 N–H and O–H groups in total. The Morgan fingerprint density at radius 1 is 1.25 bits per heavy atom. The zero-order valence-electron chi connectivity index (χ0n) is 12.2. The van der Waals surface area contributed by atoms with Gasteiger partial charge in [-0.05, 0) is 24.3 Å². The predicted molar refractivity (Wildman–Crippen MR) is 82.6 cm³/mol. The normalized spacial score (nSPS) is 24.2. The number of ether oxygens (including phenoxy) is 1. The minimum Gasteiger partial charge on any atom is -0.458 e. The molecule has 9 heteroatoms. The Morgan fingerprint density at radius 2 is 1.96 bits per heavy atom. The van der Waals surface area contributed by atoms with E-state index in [0.717, 1.165) is 6.08 Å². The lowest BCUT2D eigenvalue weighted by atomic mass is 9.90. The van der Waals surface area contributed by atoms with Gasteiger partial charge in [-0.2, -0.15) is 5.10 Å². The highest BCUT2D eigenvalue weighted by atomic mass is 32.2. The third-order valence-corrected chi connectivity index (χ3v) is 4.72. The van der Waals surface area contributed by atoms with Crippen molar-refractivity contribution in [3.05, 3.63) is 72.0 Å². The first kappa shape index (κ1) is 16.3. The molecule has 0 radical (unpaired) electrons. The molecule has 0 amide bonds. The van der Waals surface area contributed by atoms with E-state index in [-0.39, 0.29) is 11.4 Å². The van der Waals surface area contributed by atoms with Gasteiger partial charge in [0.2, 0.25) is 15.7 Å². The molecule has 2 unspecified atom stereocenters. The smallest absolute Gasteiger partial charge is 0.230 e. The fourth-order valence-corrected chi connectivity index (χ4v) is 3.48. The molecule has 1 aliphatic carbocycles. The number of nitrogens with zero attached hydrogens (tertiary/aromatic N) is 1. The molecule has 1 aromatic heterocycles. The summed E-state index contributed by atoms with van der Waals surface area (Å²) in [6.45, 7) is 0. The molecule has 2 aromatic rings. The molecule has 0 aliphatic heterocycles. The molecule has 126 valence electrons. The van der Waals surface area contributed by atoms with Crippen molar-refractivity contribution in [1.82, 2.24) is 10.2 Å². The van der Waals surface area contributed by atoms with Gasteiger partial charge in [0.15, 0.2) is 5.76 Å². The van der Waals surface area contributed by atoms with E-state index in [0.29, 0.717) is 6.08 Å². The maximum atomic E-state index is 15.9. The quantitative estimate of drug-likeness (QED) is 0.879. The van der Waals surface area contributed by atoms with E-state index in [1.807, 2.05) is 0 Å². The van der Waals surface area contributed by atoms with Gasteiger partial charge in [-0.1, -0.05) is 18.2 Å². The van der Waals surface area contributed by atoms with Gasteiger partial charge in [-0.25, -0.2) is 22.3 Å². The Hall–Kier alpha value is -2.52. The zero-order valence-corrected chi connectivity index (χ0v) is 13.0. The van der Waals surface area contributed by atoms with Crippen molar-refractivity contribution in [3.8, 4) is 5.75 Å². The van der Waals surface area contributed by atoms with Crippen LogP contribution in [0.5, 0.6) is 5.75 Å². The van der Waals surface area contributed by atoms with E-state index >= 15 is 4.39 Å². The van der Waals surface area contributed by atoms with Gasteiger partial charge in [-0.3, -0.25) is 5.10 Å². The Balaban J connectivity index is 2.15. The van der Waals surface area contributed by atoms with Crippen LogP contribution in [0.2, 0.25) is 0 Å². The lowest BCUT2D eigenvalue weighted by Gasteiger charge is -2.33. The summed E-state index contributed by atoms with van der Waals surface area (Å²) >= 11 is 0. The topological polar surface area (TPSA) is 98.1 Å². The van der Waals surface area contributed by atoms with E-state index in [2.05, 4.69) is 10.2 Å². The van der Waals surface area contributed by atoms with Crippen molar-refractivity contribution in [2.24, 2.45) is 5.14 Å². The van der Waals surface area contributed by atoms with Crippen LogP contribution < -0.4 is 9.88 Å². The third kappa shape index (κ3) is 2.83. The van der Waals surface area contributed by atoms with Crippen LogP contribution in [0.15, 0.2) is 66.3 Å². The highest BCUT2D eigenvalue weighted by Crippen LogP contribution is 2.44. The molecular formula is C15H13F2N3O3S. The van der Waals surface area contributed by atoms with Gasteiger partial charge < -0.3 is 4.74 Å². The standard InChI is InChI=1S/C15H13F2N3O3S/c16-10-8-13(23-11-4-2-1-3-5-11)15(17,12-6-7-19-20-12)14(9-10)24(18,21)22/h1-9,14H,(H,19,20)(H2,18,21,22). The summed E-state index contributed by atoms with van der Waals surface area (Å²) in [6.07, 6.45) is 2.63. The molecular weight excluding hydrogens is 340 g/mol. The highest BCUT2D eigenvalue weighted by molar-refractivity contribution is 7.90. The first-order chi connectivity index (χ1) is 11.3. The predicted octanol–water partition coefficient (Wildman–Crippen LogP) is 2.06. The molecule has 0 bridgehead atoms. The van der Waals surface area contributed by atoms with Crippen LogP contribution in [0.1, 0.15) is 5.69 Å². The number of sulfonamides is 1.